The van der Waals surface area contributed by atoms with Crippen LogP contribution in [0.25, 0.3) is 10.9 Å². The first kappa shape index (κ1) is 24.6. The summed E-state index contributed by atoms with van der Waals surface area (Å²) in [7, 11) is 0. The van der Waals surface area contributed by atoms with Crippen LogP contribution in [0.1, 0.15) is 21.6 Å². The van der Waals surface area contributed by atoms with E-state index in [-0.39, 0.29) is 21.4 Å². The minimum absolute atomic E-state index is 0.101. The smallest absolute Gasteiger partial charge is 0.320 e. The van der Waals surface area contributed by atoms with Gasteiger partial charge in [-0.1, -0.05) is 58.6 Å². The lowest BCUT2D eigenvalue weighted by Gasteiger charge is -2.14. The number of anilines is 2. The summed E-state index contributed by atoms with van der Waals surface area (Å²) in [4.78, 5) is 38.6. The molecular formula is C25H19Cl3N4O3. The molecule has 4 rings (SSSR count). The zero-order chi connectivity index (χ0) is 25.3. The zero-order valence-electron chi connectivity index (χ0n) is 18.6. The fourth-order valence-electron chi connectivity index (χ4n) is 3.55. The third-order valence-electron chi connectivity index (χ3n) is 5.25. The molecule has 0 spiro atoms. The van der Waals surface area contributed by atoms with Gasteiger partial charge in [-0.3, -0.25) is 19.8 Å². The quantitative estimate of drug-likeness (QED) is 0.276. The van der Waals surface area contributed by atoms with Crippen molar-refractivity contribution in [3.63, 3.8) is 0 Å². The molecule has 0 saturated heterocycles. The van der Waals surface area contributed by atoms with Crippen molar-refractivity contribution in [1.29, 1.82) is 0 Å². The third-order valence-corrected chi connectivity index (χ3v) is 6.30. The van der Waals surface area contributed by atoms with Crippen molar-refractivity contribution in [2.75, 3.05) is 16.1 Å². The summed E-state index contributed by atoms with van der Waals surface area (Å²) >= 11 is 18.2. The van der Waals surface area contributed by atoms with Crippen molar-refractivity contribution in [3.05, 3.63) is 92.6 Å². The van der Waals surface area contributed by atoms with Gasteiger partial charge in [-0.2, -0.15) is 0 Å². The van der Waals surface area contributed by atoms with Crippen LogP contribution in [0.15, 0.2) is 60.7 Å². The first-order chi connectivity index (χ1) is 16.6. The predicted octanol–water partition coefficient (Wildman–Crippen LogP) is 6.18. The molecule has 0 aliphatic carbocycles. The minimum Gasteiger partial charge on any atom is -0.320 e. The molecule has 4 aromatic rings. The average molecular weight is 530 g/mol. The van der Waals surface area contributed by atoms with Gasteiger partial charge in [0.2, 0.25) is 0 Å². The summed E-state index contributed by atoms with van der Waals surface area (Å²) in [5, 5.41) is 6.65. The first-order valence-electron chi connectivity index (χ1n) is 10.4. The van der Waals surface area contributed by atoms with E-state index in [1.807, 2.05) is 26.0 Å². The van der Waals surface area contributed by atoms with Crippen LogP contribution >= 0.6 is 34.8 Å². The summed E-state index contributed by atoms with van der Waals surface area (Å²) in [6, 6.07) is 16.7. The number of benzene rings is 3. The standard InChI is InChI=1S/C25H19Cl3N4O3/c1-13-6-8-18(14(2)10-13)29-23(33)21-12-15-11-16(26)7-9-20(15)32(21)31-25(35)24(34)30-19-5-3-4-17(27)22(19)28/h3-12H,1-2H3,(H,29,33)(H,30,34)(H,31,35). The number of aromatic nitrogens is 1. The van der Waals surface area contributed by atoms with E-state index in [1.165, 1.54) is 10.7 Å². The molecule has 0 bridgehead atoms. The Morgan fingerprint density at radius 1 is 0.800 bits per heavy atom. The molecular weight excluding hydrogens is 511 g/mol. The molecule has 7 nitrogen and oxygen atoms in total. The number of carbonyl (C=O) groups excluding carboxylic acids is 3. The van der Waals surface area contributed by atoms with Gasteiger partial charge in [0.25, 0.3) is 5.91 Å². The van der Waals surface area contributed by atoms with Crippen LogP contribution in [0.4, 0.5) is 11.4 Å². The van der Waals surface area contributed by atoms with Crippen LogP contribution in [0.2, 0.25) is 15.1 Å². The van der Waals surface area contributed by atoms with Crippen molar-refractivity contribution in [2.24, 2.45) is 0 Å². The third kappa shape index (κ3) is 5.27. The fourth-order valence-corrected chi connectivity index (χ4v) is 4.07. The number of nitrogens with zero attached hydrogens (tertiary/aromatic N) is 1. The molecule has 178 valence electrons. The van der Waals surface area contributed by atoms with Crippen molar-refractivity contribution >= 4 is 74.8 Å². The maximum absolute atomic E-state index is 13.2. The van der Waals surface area contributed by atoms with E-state index in [0.717, 1.165) is 11.1 Å². The van der Waals surface area contributed by atoms with Crippen LogP contribution in [-0.2, 0) is 9.59 Å². The highest BCUT2D eigenvalue weighted by Crippen LogP contribution is 2.29. The molecule has 0 radical (unpaired) electrons. The van der Waals surface area contributed by atoms with Crippen molar-refractivity contribution in [3.8, 4) is 0 Å². The molecule has 10 heteroatoms. The van der Waals surface area contributed by atoms with E-state index < -0.39 is 17.7 Å². The van der Waals surface area contributed by atoms with Crippen molar-refractivity contribution in [1.82, 2.24) is 4.68 Å². The monoisotopic (exact) mass is 528 g/mol. The molecule has 0 saturated carbocycles. The molecule has 0 unspecified atom stereocenters. The van der Waals surface area contributed by atoms with Gasteiger partial charge < -0.3 is 10.6 Å². The number of halogens is 3. The van der Waals surface area contributed by atoms with Gasteiger partial charge >= 0.3 is 11.8 Å². The Morgan fingerprint density at radius 3 is 2.31 bits per heavy atom. The van der Waals surface area contributed by atoms with Crippen LogP contribution in [0.3, 0.4) is 0 Å². The van der Waals surface area contributed by atoms with Crippen LogP contribution in [0, 0.1) is 13.8 Å². The van der Waals surface area contributed by atoms with Gasteiger partial charge in [0.05, 0.1) is 21.2 Å². The average Bonchev–Trinajstić information content (AvgIpc) is 3.16. The Hall–Kier alpha value is -3.52. The zero-order valence-corrected chi connectivity index (χ0v) is 20.8. The van der Waals surface area contributed by atoms with E-state index in [2.05, 4.69) is 16.1 Å². The number of carbonyl (C=O) groups is 3. The Balaban J connectivity index is 1.65. The molecule has 1 heterocycles. The van der Waals surface area contributed by atoms with E-state index in [9.17, 15) is 14.4 Å². The first-order valence-corrected chi connectivity index (χ1v) is 11.5. The Bertz CT molecular complexity index is 1500. The molecule has 0 fully saturated rings. The highest BCUT2D eigenvalue weighted by Gasteiger charge is 2.22. The number of hydrogen-bond acceptors (Lipinski definition) is 3. The Labute approximate surface area is 215 Å². The highest BCUT2D eigenvalue weighted by molar-refractivity contribution is 6.46. The number of aryl methyl sites for hydroxylation is 2. The molecule has 0 aliphatic heterocycles. The molecule has 0 aliphatic rings. The largest absolute Gasteiger partial charge is 0.328 e. The molecule has 0 atom stereocenters. The lowest BCUT2D eigenvalue weighted by atomic mass is 10.1. The molecule has 3 aromatic carbocycles. The number of nitrogens with one attached hydrogen (secondary N) is 3. The summed E-state index contributed by atoms with van der Waals surface area (Å²) in [5.74, 6) is -2.50. The minimum atomic E-state index is -1.02. The van der Waals surface area contributed by atoms with Crippen molar-refractivity contribution in [2.45, 2.75) is 13.8 Å². The Kier molecular flexibility index (Phi) is 7.03. The summed E-state index contributed by atoms with van der Waals surface area (Å²) in [6.45, 7) is 3.84. The predicted molar refractivity (Wildman–Crippen MR) is 140 cm³/mol. The van der Waals surface area contributed by atoms with Gasteiger partial charge in [0.1, 0.15) is 5.69 Å². The summed E-state index contributed by atoms with van der Waals surface area (Å²) < 4.78 is 1.24. The topological polar surface area (TPSA) is 92.2 Å². The molecule has 3 amide bonds. The highest BCUT2D eigenvalue weighted by atomic mass is 35.5. The normalized spacial score (nSPS) is 10.8. The van der Waals surface area contributed by atoms with Crippen LogP contribution < -0.4 is 16.1 Å². The number of rotatable bonds is 4. The van der Waals surface area contributed by atoms with E-state index in [0.29, 0.717) is 21.6 Å². The Morgan fingerprint density at radius 2 is 1.57 bits per heavy atom. The van der Waals surface area contributed by atoms with Crippen LogP contribution in [-0.4, -0.2) is 22.4 Å². The SMILES string of the molecule is Cc1ccc(NC(=O)c2cc3cc(Cl)ccc3n2NC(=O)C(=O)Nc2cccc(Cl)c2Cl)c(C)c1. The fraction of sp³-hybridized carbons (Fsp3) is 0.0800. The van der Waals surface area contributed by atoms with Gasteiger partial charge in [0.15, 0.2) is 0 Å². The second-order valence-electron chi connectivity index (χ2n) is 7.84. The van der Waals surface area contributed by atoms with Crippen molar-refractivity contribution < 1.29 is 14.4 Å². The number of fused-ring (bicyclic) bond motifs is 1. The van der Waals surface area contributed by atoms with Crippen LogP contribution in [0.5, 0.6) is 0 Å². The maximum atomic E-state index is 13.2. The molecule has 1 aromatic heterocycles. The van der Waals surface area contributed by atoms with Gasteiger partial charge in [0, 0.05) is 16.1 Å². The maximum Gasteiger partial charge on any atom is 0.328 e. The van der Waals surface area contributed by atoms with E-state index in [4.69, 9.17) is 34.8 Å². The summed E-state index contributed by atoms with van der Waals surface area (Å²) in [5.41, 5.74) is 5.79. The van der Waals surface area contributed by atoms with Gasteiger partial charge in [-0.15, -0.1) is 0 Å². The van der Waals surface area contributed by atoms with E-state index >= 15 is 0 Å². The lowest BCUT2D eigenvalue weighted by Crippen LogP contribution is -2.36. The van der Waals surface area contributed by atoms with Gasteiger partial charge in [-0.25, -0.2) is 4.68 Å². The summed E-state index contributed by atoms with van der Waals surface area (Å²) in [6.07, 6.45) is 0. The molecule has 3 N–H and O–H groups in total. The lowest BCUT2D eigenvalue weighted by molar-refractivity contribution is -0.133. The van der Waals surface area contributed by atoms with E-state index in [1.54, 1.807) is 42.5 Å². The van der Waals surface area contributed by atoms with Gasteiger partial charge in [-0.05, 0) is 61.9 Å². The second-order valence-corrected chi connectivity index (χ2v) is 9.06. The number of hydrogen-bond donors (Lipinski definition) is 3. The number of amides is 3. The second kappa shape index (κ2) is 10.00. The molecule has 35 heavy (non-hydrogen) atoms.